The lowest BCUT2D eigenvalue weighted by atomic mass is 10.2. The quantitative estimate of drug-likeness (QED) is 0.631. The number of nitrogens with one attached hydrogen (secondary N) is 1. The molecule has 1 aromatic carbocycles. The fraction of sp³-hybridized carbons (Fsp3) is 0.333. The minimum absolute atomic E-state index is 0.0311. The molecule has 11 heteroatoms. The van der Waals surface area contributed by atoms with E-state index in [-0.39, 0.29) is 23.5 Å². The highest BCUT2D eigenvalue weighted by molar-refractivity contribution is 7.11. The number of carbonyl (C=O) groups is 2. The molecule has 0 bridgehead atoms. The molecule has 2 aliphatic rings. The number of nitrogens with zero attached hydrogens (tertiary/aromatic N) is 2. The number of rotatable bonds is 7. The molecule has 1 fully saturated rings. The van der Waals surface area contributed by atoms with Crippen LogP contribution in [-0.4, -0.2) is 67.4 Å². The summed E-state index contributed by atoms with van der Waals surface area (Å²) in [7, 11) is 0. The highest BCUT2D eigenvalue weighted by Gasteiger charge is 2.40. The van der Waals surface area contributed by atoms with Gasteiger partial charge in [0.05, 0.1) is 18.8 Å². The van der Waals surface area contributed by atoms with Gasteiger partial charge in [-0.05, 0) is 23.6 Å². The second kappa shape index (κ2) is 9.31. The zero-order valence-corrected chi connectivity index (χ0v) is 17.7. The number of imide groups is 1. The largest absolute Gasteiger partial charge is 0.573 e. The first-order valence-corrected chi connectivity index (χ1v) is 10.8. The number of hydrogen-bond acceptors (Lipinski definition) is 7. The molecular formula is C21H20F3N3O4S. The zero-order chi connectivity index (χ0) is 22.7. The molecule has 0 saturated carbocycles. The number of alkyl halides is 3. The molecule has 0 aliphatic carbocycles. The first kappa shape index (κ1) is 22.3. The van der Waals surface area contributed by atoms with Gasteiger partial charge in [0.2, 0.25) is 0 Å². The first-order valence-electron chi connectivity index (χ1n) is 9.89. The number of hydrogen-bond donors (Lipinski definition) is 1. The van der Waals surface area contributed by atoms with Crippen molar-refractivity contribution in [2.24, 2.45) is 0 Å². The number of ether oxygens (including phenoxy) is 2. The van der Waals surface area contributed by atoms with Crippen molar-refractivity contribution in [1.29, 1.82) is 0 Å². The average molecular weight is 467 g/mol. The molecule has 7 nitrogen and oxygen atoms in total. The number of carbonyl (C=O) groups excluding carboxylic acids is 2. The summed E-state index contributed by atoms with van der Waals surface area (Å²) in [4.78, 5) is 30.2. The Bertz CT molecular complexity index is 1020. The molecule has 0 unspecified atom stereocenters. The van der Waals surface area contributed by atoms with E-state index in [1.54, 1.807) is 17.5 Å². The molecule has 0 radical (unpaired) electrons. The van der Waals surface area contributed by atoms with Crippen molar-refractivity contribution in [3.63, 3.8) is 0 Å². The average Bonchev–Trinajstić information content (AvgIpc) is 3.34. The van der Waals surface area contributed by atoms with E-state index in [1.807, 2.05) is 0 Å². The second-order valence-corrected chi connectivity index (χ2v) is 8.09. The summed E-state index contributed by atoms with van der Waals surface area (Å²) >= 11 is 1.30. The summed E-state index contributed by atoms with van der Waals surface area (Å²) in [5.41, 5.74) is 0.435. The highest BCUT2D eigenvalue weighted by Crippen LogP contribution is 2.33. The van der Waals surface area contributed by atoms with Gasteiger partial charge in [-0.2, -0.15) is 0 Å². The fourth-order valence-corrected chi connectivity index (χ4v) is 4.29. The molecule has 0 spiro atoms. The van der Waals surface area contributed by atoms with Gasteiger partial charge in [0.1, 0.15) is 11.4 Å². The van der Waals surface area contributed by atoms with E-state index < -0.39 is 23.9 Å². The molecule has 4 rings (SSSR count). The molecule has 2 aliphatic heterocycles. The Morgan fingerprint density at radius 1 is 1.06 bits per heavy atom. The van der Waals surface area contributed by atoms with Gasteiger partial charge in [-0.15, -0.1) is 24.5 Å². The Kier molecular flexibility index (Phi) is 6.49. The van der Waals surface area contributed by atoms with Crippen LogP contribution in [0.25, 0.3) is 5.57 Å². The zero-order valence-electron chi connectivity index (χ0n) is 16.9. The molecule has 1 saturated heterocycles. The minimum Gasteiger partial charge on any atom is -0.406 e. The Balaban J connectivity index is 1.57. The summed E-state index contributed by atoms with van der Waals surface area (Å²) in [5, 5.41) is 4.63. The van der Waals surface area contributed by atoms with Crippen LogP contribution in [-0.2, 0) is 14.3 Å². The van der Waals surface area contributed by atoms with Crippen LogP contribution in [0.15, 0.2) is 47.5 Å². The number of thiophene rings is 1. The maximum atomic E-state index is 13.1. The van der Waals surface area contributed by atoms with E-state index in [1.165, 1.54) is 28.4 Å². The third kappa shape index (κ3) is 5.12. The normalized spacial score (nSPS) is 17.9. The molecular weight excluding hydrogens is 447 g/mol. The van der Waals surface area contributed by atoms with Crippen LogP contribution in [0, 0.1) is 0 Å². The van der Waals surface area contributed by atoms with Crippen molar-refractivity contribution in [3.8, 4) is 5.75 Å². The van der Waals surface area contributed by atoms with E-state index in [4.69, 9.17) is 4.74 Å². The fourth-order valence-electron chi connectivity index (χ4n) is 3.53. The van der Waals surface area contributed by atoms with Gasteiger partial charge in [-0.3, -0.25) is 19.4 Å². The van der Waals surface area contributed by atoms with E-state index in [2.05, 4.69) is 15.0 Å². The third-order valence-corrected chi connectivity index (χ3v) is 5.90. The number of morpholine rings is 1. The summed E-state index contributed by atoms with van der Waals surface area (Å²) in [6, 6.07) is 8.63. The second-order valence-electron chi connectivity index (χ2n) is 7.14. The molecule has 3 heterocycles. The molecule has 170 valence electrons. The van der Waals surface area contributed by atoms with Crippen LogP contribution in [0.3, 0.4) is 0 Å². The van der Waals surface area contributed by atoms with Crippen molar-refractivity contribution < 1.29 is 32.2 Å². The lowest BCUT2D eigenvalue weighted by Crippen LogP contribution is -2.43. The van der Waals surface area contributed by atoms with E-state index >= 15 is 0 Å². The molecule has 32 heavy (non-hydrogen) atoms. The van der Waals surface area contributed by atoms with Crippen molar-refractivity contribution in [2.45, 2.75) is 6.36 Å². The molecule has 2 aromatic rings. The van der Waals surface area contributed by atoms with Crippen LogP contribution < -0.4 is 10.1 Å². The smallest absolute Gasteiger partial charge is 0.406 e. The lowest BCUT2D eigenvalue weighted by molar-refractivity contribution is -0.274. The molecule has 1 N–H and O–H groups in total. The molecule has 0 atom stereocenters. The SMILES string of the molecule is O=C1C(Nc2cccc(OC(F)(F)F)c2)=C(c2cccs2)C(=O)N1CCN1CCOCC1. The van der Waals surface area contributed by atoms with Crippen molar-refractivity contribution in [2.75, 3.05) is 44.7 Å². The van der Waals surface area contributed by atoms with Gasteiger partial charge in [0.25, 0.3) is 11.8 Å². The van der Waals surface area contributed by atoms with Gasteiger partial charge in [0.15, 0.2) is 0 Å². The van der Waals surface area contributed by atoms with Crippen molar-refractivity contribution in [1.82, 2.24) is 9.80 Å². The van der Waals surface area contributed by atoms with E-state index in [0.29, 0.717) is 24.6 Å². The maximum Gasteiger partial charge on any atom is 0.573 e. The van der Waals surface area contributed by atoms with E-state index in [0.717, 1.165) is 25.2 Å². The summed E-state index contributed by atoms with van der Waals surface area (Å²) < 4.78 is 46.9. The van der Waals surface area contributed by atoms with Gasteiger partial charge in [-0.1, -0.05) is 12.1 Å². The van der Waals surface area contributed by atoms with Crippen molar-refractivity contribution in [3.05, 3.63) is 52.4 Å². The van der Waals surface area contributed by atoms with Crippen LogP contribution in [0.4, 0.5) is 18.9 Å². The topological polar surface area (TPSA) is 71.1 Å². The van der Waals surface area contributed by atoms with Crippen LogP contribution in [0.5, 0.6) is 5.75 Å². The van der Waals surface area contributed by atoms with Gasteiger partial charge in [0, 0.05) is 42.8 Å². The minimum atomic E-state index is -4.84. The van der Waals surface area contributed by atoms with Gasteiger partial charge in [-0.25, -0.2) is 0 Å². The Labute approximate surface area is 186 Å². The number of amides is 2. The van der Waals surface area contributed by atoms with Crippen LogP contribution >= 0.6 is 11.3 Å². The maximum absolute atomic E-state index is 13.1. The number of halogens is 3. The highest BCUT2D eigenvalue weighted by atomic mass is 32.1. The lowest BCUT2D eigenvalue weighted by Gasteiger charge is -2.28. The predicted octanol–water partition coefficient (Wildman–Crippen LogP) is 3.17. The Hall–Kier alpha value is -2.89. The van der Waals surface area contributed by atoms with E-state index in [9.17, 15) is 22.8 Å². The summed E-state index contributed by atoms with van der Waals surface area (Å²) in [6.07, 6.45) is -4.84. The Morgan fingerprint density at radius 2 is 1.84 bits per heavy atom. The first-order chi connectivity index (χ1) is 15.3. The van der Waals surface area contributed by atoms with Gasteiger partial charge < -0.3 is 14.8 Å². The van der Waals surface area contributed by atoms with Crippen LogP contribution in [0.2, 0.25) is 0 Å². The van der Waals surface area contributed by atoms with Crippen LogP contribution in [0.1, 0.15) is 4.88 Å². The molecule has 2 amide bonds. The summed E-state index contributed by atoms with van der Waals surface area (Å²) in [6.45, 7) is 3.36. The number of anilines is 1. The monoisotopic (exact) mass is 467 g/mol. The molecule has 1 aromatic heterocycles. The summed E-state index contributed by atoms with van der Waals surface area (Å²) in [5.74, 6) is -1.38. The Morgan fingerprint density at radius 3 is 2.53 bits per heavy atom. The third-order valence-electron chi connectivity index (χ3n) is 5.02. The predicted molar refractivity (Wildman–Crippen MR) is 112 cm³/mol. The standard InChI is InChI=1S/C21H20F3N3O4S/c22-21(23,24)31-15-4-1-3-14(13-15)25-18-17(16-5-2-12-32-16)19(28)27(20(18)29)7-6-26-8-10-30-11-9-26/h1-5,12-13,25H,6-11H2. The van der Waals surface area contributed by atoms with Gasteiger partial charge >= 0.3 is 6.36 Å². The number of benzene rings is 1. The van der Waals surface area contributed by atoms with Crippen molar-refractivity contribution >= 4 is 34.4 Å².